The molecule has 1 unspecified atom stereocenters. The minimum absolute atomic E-state index is 0.305. The highest BCUT2D eigenvalue weighted by Crippen LogP contribution is 2.21. The highest BCUT2D eigenvalue weighted by molar-refractivity contribution is 5.77. The number of benzene rings is 1. The Morgan fingerprint density at radius 3 is 2.29 bits per heavy atom. The monoisotopic (exact) mass is 234 g/mol. The third-order valence-corrected chi connectivity index (χ3v) is 2.01. The van der Waals surface area contributed by atoms with E-state index in [2.05, 4.69) is 10.2 Å². The topological polar surface area (TPSA) is 51.0 Å². The Labute approximate surface area is 102 Å². The zero-order valence-corrected chi connectivity index (χ0v) is 10.7. The number of ether oxygens (including phenoxy) is 1. The second-order valence-corrected chi connectivity index (χ2v) is 4.72. The maximum absolute atomic E-state index is 11.7. The van der Waals surface area contributed by atoms with Gasteiger partial charge in [-0.15, -0.1) is 0 Å². The molecular formula is C13H18N2O2. The minimum Gasteiger partial charge on any atom is -0.467 e. The number of carbonyl (C=O) groups is 1. The Bertz CT molecular complexity index is 394. The van der Waals surface area contributed by atoms with Gasteiger partial charge in [0.15, 0.2) is 6.04 Å². The van der Waals surface area contributed by atoms with Crippen molar-refractivity contribution in [2.45, 2.75) is 32.4 Å². The van der Waals surface area contributed by atoms with Crippen LogP contribution in [0, 0.1) is 0 Å². The van der Waals surface area contributed by atoms with Crippen molar-refractivity contribution in [1.82, 2.24) is 0 Å². The molecule has 1 aromatic carbocycles. The largest absolute Gasteiger partial charge is 0.467 e. The number of carbonyl (C=O) groups excluding carboxylic acids is 1. The van der Waals surface area contributed by atoms with Crippen LogP contribution < -0.4 is 0 Å². The van der Waals surface area contributed by atoms with Crippen LogP contribution in [0.15, 0.2) is 40.6 Å². The van der Waals surface area contributed by atoms with Crippen molar-refractivity contribution in [3.63, 3.8) is 0 Å². The molecule has 17 heavy (non-hydrogen) atoms. The first-order valence-corrected chi connectivity index (χ1v) is 5.49. The molecular weight excluding hydrogens is 216 g/mol. The molecule has 0 saturated heterocycles. The summed E-state index contributed by atoms with van der Waals surface area (Å²) in [5.41, 5.74) is 0.480. The molecule has 0 radical (unpaired) electrons. The van der Waals surface area contributed by atoms with Gasteiger partial charge < -0.3 is 4.74 Å². The maximum Gasteiger partial charge on any atom is 0.337 e. The highest BCUT2D eigenvalue weighted by atomic mass is 16.5. The molecule has 0 saturated carbocycles. The molecule has 0 spiro atoms. The number of rotatable bonds is 3. The fourth-order valence-electron chi connectivity index (χ4n) is 1.23. The summed E-state index contributed by atoms with van der Waals surface area (Å²) in [6.07, 6.45) is 0. The first-order chi connectivity index (χ1) is 7.94. The smallest absolute Gasteiger partial charge is 0.337 e. The van der Waals surface area contributed by atoms with Gasteiger partial charge >= 0.3 is 5.97 Å². The molecule has 0 aliphatic rings. The summed E-state index contributed by atoms with van der Waals surface area (Å²) >= 11 is 0. The lowest BCUT2D eigenvalue weighted by Crippen LogP contribution is -2.14. The number of nitrogens with zero attached hydrogens (tertiary/aromatic N) is 2. The molecule has 4 nitrogen and oxygen atoms in total. The summed E-state index contributed by atoms with van der Waals surface area (Å²) in [7, 11) is 1.35. The van der Waals surface area contributed by atoms with Crippen LogP contribution in [0.4, 0.5) is 0 Å². The lowest BCUT2D eigenvalue weighted by atomic mass is 10.1. The normalized spacial score (nSPS) is 13.6. The third-order valence-electron chi connectivity index (χ3n) is 2.01. The van der Waals surface area contributed by atoms with Crippen LogP contribution in [0.1, 0.15) is 32.4 Å². The molecule has 1 aromatic rings. The Kier molecular flexibility index (Phi) is 4.37. The molecule has 0 aliphatic heterocycles. The Morgan fingerprint density at radius 2 is 1.82 bits per heavy atom. The van der Waals surface area contributed by atoms with Crippen LogP contribution in [-0.4, -0.2) is 18.6 Å². The fourth-order valence-corrected chi connectivity index (χ4v) is 1.23. The molecule has 92 valence electrons. The SMILES string of the molecule is COC(=O)C(N=NC(C)(C)C)c1ccccc1. The van der Waals surface area contributed by atoms with Crippen LogP contribution in [0.2, 0.25) is 0 Å². The molecule has 0 heterocycles. The average Bonchev–Trinajstić information content (AvgIpc) is 2.29. The zero-order chi connectivity index (χ0) is 12.9. The van der Waals surface area contributed by atoms with Crippen molar-refractivity contribution in [2.75, 3.05) is 7.11 Å². The van der Waals surface area contributed by atoms with E-state index in [1.54, 1.807) is 0 Å². The van der Waals surface area contributed by atoms with Gasteiger partial charge in [-0.1, -0.05) is 30.3 Å². The summed E-state index contributed by atoms with van der Waals surface area (Å²) in [6, 6.07) is 8.60. The van der Waals surface area contributed by atoms with Gasteiger partial charge in [0.25, 0.3) is 0 Å². The molecule has 0 fully saturated rings. The van der Waals surface area contributed by atoms with Crippen molar-refractivity contribution in [3.8, 4) is 0 Å². The van der Waals surface area contributed by atoms with Crippen LogP contribution in [0.5, 0.6) is 0 Å². The van der Waals surface area contributed by atoms with Crippen molar-refractivity contribution in [3.05, 3.63) is 35.9 Å². The predicted molar refractivity (Wildman–Crippen MR) is 65.8 cm³/mol. The van der Waals surface area contributed by atoms with E-state index < -0.39 is 12.0 Å². The zero-order valence-electron chi connectivity index (χ0n) is 10.7. The van der Waals surface area contributed by atoms with Crippen LogP contribution >= 0.6 is 0 Å². The lowest BCUT2D eigenvalue weighted by molar-refractivity contribution is -0.142. The van der Waals surface area contributed by atoms with Gasteiger partial charge in [0.2, 0.25) is 0 Å². The number of hydrogen-bond donors (Lipinski definition) is 0. The Hall–Kier alpha value is -1.71. The second-order valence-electron chi connectivity index (χ2n) is 4.72. The van der Waals surface area contributed by atoms with Crippen LogP contribution in [0.25, 0.3) is 0 Å². The summed E-state index contributed by atoms with van der Waals surface area (Å²) in [5.74, 6) is -0.399. The van der Waals surface area contributed by atoms with Crippen molar-refractivity contribution < 1.29 is 9.53 Å². The van der Waals surface area contributed by atoms with E-state index in [0.29, 0.717) is 0 Å². The van der Waals surface area contributed by atoms with Crippen molar-refractivity contribution >= 4 is 5.97 Å². The quantitative estimate of drug-likeness (QED) is 0.596. The average molecular weight is 234 g/mol. The van der Waals surface area contributed by atoms with E-state index in [-0.39, 0.29) is 5.54 Å². The number of methoxy groups -OCH3 is 1. The van der Waals surface area contributed by atoms with Crippen LogP contribution in [0.3, 0.4) is 0 Å². The van der Waals surface area contributed by atoms with Gasteiger partial charge in [0.05, 0.1) is 12.6 Å². The van der Waals surface area contributed by atoms with E-state index in [1.165, 1.54) is 7.11 Å². The van der Waals surface area contributed by atoms with Gasteiger partial charge in [-0.25, -0.2) is 4.79 Å². The van der Waals surface area contributed by atoms with Crippen molar-refractivity contribution in [2.24, 2.45) is 10.2 Å². The van der Waals surface area contributed by atoms with Crippen molar-refractivity contribution in [1.29, 1.82) is 0 Å². The summed E-state index contributed by atoms with van der Waals surface area (Å²) in [6.45, 7) is 5.78. The van der Waals surface area contributed by atoms with Gasteiger partial charge in [-0.05, 0) is 26.3 Å². The van der Waals surface area contributed by atoms with E-state index in [4.69, 9.17) is 4.74 Å². The first kappa shape index (κ1) is 13.4. The molecule has 0 aliphatic carbocycles. The number of esters is 1. The predicted octanol–water partition coefficient (Wildman–Crippen LogP) is 3.15. The third kappa shape index (κ3) is 4.34. The van der Waals surface area contributed by atoms with Crippen LogP contribution in [-0.2, 0) is 9.53 Å². The molecule has 0 amide bonds. The standard InChI is InChI=1S/C13H18N2O2/c1-13(2,3)15-14-11(12(16)17-4)10-8-6-5-7-9-10/h5-9,11H,1-4H3. The fraction of sp³-hybridized carbons (Fsp3) is 0.462. The molecule has 1 atom stereocenters. The van der Waals surface area contributed by atoms with Gasteiger partial charge in [-0.3, -0.25) is 0 Å². The minimum atomic E-state index is -0.680. The molecule has 0 aromatic heterocycles. The molecule has 1 rings (SSSR count). The van der Waals surface area contributed by atoms with E-state index in [1.807, 2.05) is 51.1 Å². The summed E-state index contributed by atoms with van der Waals surface area (Å²) in [5, 5.41) is 8.21. The van der Waals surface area contributed by atoms with Gasteiger partial charge in [-0.2, -0.15) is 10.2 Å². The molecule has 0 bridgehead atoms. The lowest BCUT2D eigenvalue weighted by Gasteiger charge is -2.13. The first-order valence-electron chi connectivity index (χ1n) is 5.49. The summed E-state index contributed by atoms with van der Waals surface area (Å²) < 4.78 is 4.74. The number of azo groups is 1. The maximum atomic E-state index is 11.7. The number of hydrogen-bond acceptors (Lipinski definition) is 4. The molecule has 4 heteroatoms. The summed E-state index contributed by atoms with van der Waals surface area (Å²) in [4.78, 5) is 11.7. The van der Waals surface area contributed by atoms with Gasteiger partial charge in [0, 0.05) is 0 Å². The Balaban J connectivity index is 2.98. The highest BCUT2D eigenvalue weighted by Gasteiger charge is 2.21. The van der Waals surface area contributed by atoms with Gasteiger partial charge in [0.1, 0.15) is 0 Å². The van der Waals surface area contributed by atoms with E-state index >= 15 is 0 Å². The second kappa shape index (κ2) is 5.57. The Morgan fingerprint density at radius 1 is 1.24 bits per heavy atom. The molecule has 0 N–H and O–H groups in total. The van der Waals surface area contributed by atoms with E-state index in [0.717, 1.165) is 5.56 Å². The van der Waals surface area contributed by atoms with E-state index in [9.17, 15) is 4.79 Å².